The van der Waals surface area contributed by atoms with Crippen LogP contribution in [0.1, 0.15) is 43.1 Å². The largest absolute Gasteiger partial charge is 0.467 e. The number of hydrogen-bond donors (Lipinski definition) is 1. The molecule has 2 amide bonds. The van der Waals surface area contributed by atoms with Gasteiger partial charge in [0.1, 0.15) is 5.76 Å². The fourth-order valence-corrected chi connectivity index (χ4v) is 3.85. The Balaban J connectivity index is 1.93. The van der Waals surface area contributed by atoms with E-state index in [9.17, 15) is 9.59 Å². The van der Waals surface area contributed by atoms with Gasteiger partial charge in [0.05, 0.1) is 12.0 Å². The van der Waals surface area contributed by atoms with Crippen LogP contribution in [-0.2, 0) is 4.79 Å². The normalized spacial score (nSPS) is 12.5. The SMILES string of the molecule is CC(C)(C)NC(=O)[C@@H](c1ccco1)N(C(=O)c1csnn1)c1cccc2ccccc12. The number of benzene rings is 2. The van der Waals surface area contributed by atoms with Crippen molar-refractivity contribution in [3.05, 3.63) is 77.7 Å². The van der Waals surface area contributed by atoms with E-state index in [2.05, 4.69) is 14.9 Å². The van der Waals surface area contributed by atoms with E-state index in [1.54, 1.807) is 17.5 Å². The van der Waals surface area contributed by atoms with Gasteiger partial charge in [-0.1, -0.05) is 40.9 Å². The number of nitrogens with one attached hydrogen (secondary N) is 1. The first-order chi connectivity index (χ1) is 14.8. The average molecular weight is 435 g/mol. The molecule has 31 heavy (non-hydrogen) atoms. The Bertz CT molecular complexity index is 1190. The van der Waals surface area contributed by atoms with Gasteiger partial charge < -0.3 is 9.73 Å². The van der Waals surface area contributed by atoms with Crippen molar-refractivity contribution in [3.63, 3.8) is 0 Å². The number of anilines is 1. The predicted octanol–water partition coefficient (Wildman–Crippen LogP) is 4.59. The van der Waals surface area contributed by atoms with Gasteiger partial charge in [0, 0.05) is 16.3 Å². The monoisotopic (exact) mass is 434 g/mol. The van der Waals surface area contributed by atoms with E-state index < -0.39 is 17.5 Å². The number of amides is 2. The van der Waals surface area contributed by atoms with Crippen molar-refractivity contribution in [2.24, 2.45) is 0 Å². The minimum atomic E-state index is -1.03. The second-order valence-corrected chi connectivity index (χ2v) is 8.73. The number of fused-ring (bicyclic) bond motifs is 1. The molecule has 0 aliphatic carbocycles. The zero-order chi connectivity index (χ0) is 22.0. The second-order valence-electron chi connectivity index (χ2n) is 8.12. The Morgan fingerprint density at radius 1 is 1.06 bits per heavy atom. The fraction of sp³-hybridized carbons (Fsp3) is 0.217. The number of carbonyl (C=O) groups excluding carboxylic acids is 2. The van der Waals surface area contributed by atoms with Gasteiger partial charge in [0.15, 0.2) is 11.7 Å². The summed E-state index contributed by atoms with van der Waals surface area (Å²) in [5.41, 5.74) is 0.247. The molecule has 0 aliphatic rings. The Hall–Kier alpha value is -3.52. The lowest BCUT2D eigenvalue weighted by atomic mass is 10.0. The van der Waals surface area contributed by atoms with E-state index in [0.29, 0.717) is 11.4 Å². The number of aromatic nitrogens is 2. The third-order valence-electron chi connectivity index (χ3n) is 4.64. The molecule has 1 atom stereocenters. The summed E-state index contributed by atoms with van der Waals surface area (Å²) in [4.78, 5) is 28.6. The van der Waals surface area contributed by atoms with Gasteiger partial charge in [-0.25, -0.2) is 0 Å². The zero-order valence-corrected chi connectivity index (χ0v) is 18.2. The number of rotatable bonds is 5. The van der Waals surface area contributed by atoms with Crippen LogP contribution >= 0.6 is 11.5 Å². The highest BCUT2D eigenvalue weighted by Gasteiger charge is 2.38. The summed E-state index contributed by atoms with van der Waals surface area (Å²) in [5.74, 6) is -0.436. The van der Waals surface area contributed by atoms with Crippen molar-refractivity contribution < 1.29 is 14.0 Å². The zero-order valence-electron chi connectivity index (χ0n) is 17.4. The molecule has 0 bridgehead atoms. The highest BCUT2D eigenvalue weighted by Crippen LogP contribution is 2.35. The van der Waals surface area contributed by atoms with Crippen LogP contribution in [0.4, 0.5) is 5.69 Å². The standard InChI is InChI=1S/C23H22N4O3S/c1-23(2,3)24-21(28)20(19-12-7-13-30-19)27(22(29)17-14-31-26-25-17)18-11-6-9-15-8-4-5-10-16(15)18/h4-14,20H,1-3H3,(H,24,28)/t20-/m1/s1. The molecule has 8 heteroatoms. The predicted molar refractivity (Wildman–Crippen MR) is 120 cm³/mol. The summed E-state index contributed by atoms with van der Waals surface area (Å²) in [6.07, 6.45) is 1.49. The highest BCUT2D eigenvalue weighted by atomic mass is 32.1. The Morgan fingerprint density at radius 2 is 1.84 bits per heavy atom. The van der Waals surface area contributed by atoms with Crippen molar-refractivity contribution in [3.8, 4) is 0 Å². The summed E-state index contributed by atoms with van der Waals surface area (Å²) in [6.45, 7) is 5.66. The van der Waals surface area contributed by atoms with Gasteiger partial charge in [-0.3, -0.25) is 14.5 Å². The summed E-state index contributed by atoms with van der Waals surface area (Å²) >= 11 is 1.08. The Morgan fingerprint density at radius 3 is 2.52 bits per heavy atom. The molecule has 0 radical (unpaired) electrons. The molecule has 2 heterocycles. The second kappa shape index (κ2) is 8.31. The number of hydrogen-bond acceptors (Lipinski definition) is 6. The van der Waals surface area contributed by atoms with E-state index >= 15 is 0 Å². The fourth-order valence-electron chi connectivity index (χ4n) is 3.42. The molecule has 2 aromatic heterocycles. The summed E-state index contributed by atoms with van der Waals surface area (Å²) in [5, 5.41) is 10.3. The average Bonchev–Trinajstić information content (AvgIpc) is 3.44. The van der Waals surface area contributed by atoms with Gasteiger partial charge in [0.25, 0.3) is 11.8 Å². The first kappa shape index (κ1) is 20.7. The number of furan rings is 1. The topological polar surface area (TPSA) is 88.3 Å². The molecule has 0 fully saturated rings. The quantitative estimate of drug-likeness (QED) is 0.496. The molecule has 4 rings (SSSR count). The van der Waals surface area contributed by atoms with Crippen LogP contribution in [0.25, 0.3) is 10.8 Å². The number of carbonyl (C=O) groups is 2. The molecule has 0 saturated carbocycles. The van der Waals surface area contributed by atoms with Gasteiger partial charge in [-0.05, 0) is 55.9 Å². The van der Waals surface area contributed by atoms with E-state index in [-0.39, 0.29) is 11.6 Å². The maximum Gasteiger partial charge on any atom is 0.280 e. The van der Waals surface area contributed by atoms with Crippen molar-refractivity contribution >= 4 is 39.8 Å². The Kier molecular flexibility index (Phi) is 5.56. The van der Waals surface area contributed by atoms with Gasteiger partial charge in [-0.15, -0.1) is 5.10 Å². The molecule has 0 unspecified atom stereocenters. The van der Waals surface area contributed by atoms with Gasteiger partial charge in [0.2, 0.25) is 0 Å². The van der Waals surface area contributed by atoms with Crippen molar-refractivity contribution in [1.82, 2.24) is 14.9 Å². The van der Waals surface area contributed by atoms with Crippen molar-refractivity contribution in [2.75, 3.05) is 4.90 Å². The molecule has 0 spiro atoms. The third kappa shape index (κ3) is 4.34. The lowest BCUT2D eigenvalue weighted by Gasteiger charge is -2.32. The molecular weight excluding hydrogens is 412 g/mol. The molecular formula is C23H22N4O3S. The van der Waals surface area contributed by atoms with E-state index in [1.807, 2.05) is 63.2 Å². The van der Waals surface area contributed by atoms with E-state index in [0.717, 1.165) is 22.3 Å². The van der Waals surface area contributed by atoms with Crippen LogP contribution in [0.15, 0.2) is 70.7 Å². The molecule has 7 nitrogen and oxygen atoms in total. The maximum atomic E-state index is 13.7. The van der Waals surface area contributed by atoms with Gasteiger partial charge in [-0.2, -0.15) is 0 Å². The van der Waals surface area contributed by atoms with Crippen LogP contribution < -0.4 is 10.2 Å². The first-order valence-electron chi connectivity index (χ1n) is 9.79. The van der Waals surface area contributed by atoms with Crippen LogP contribution in [-0.4, -0.2) is 26.9 Å². The summed E-state index contributed by atoms with van der Waals surface area (Å²) in [6, 6.07) is 15.7. The third-order valence-corrected chi connectivity index (χ3v) is 5.15. The van der Waals surface area contributed by atoms with Crippen molar-refractivity contribution in [1.29, 1.82) is 0 Å². The highest BCUT2D eigenvalue weighted by molar-refractivity contribution is 7.03. The molecule has 4 aromatic rings. The lowest BCUT2D eigenvalue weighted by Crippen LogP contribution is -2.49. The smallest absolute Gasteiger partial charge is 0.280 e. The molecule has 0 aliphatic heterocycles. The van der Waals surface area contributed by atoms with Gasteiger partial charge >= 0.3 is 0 Å². The summed E-state index contributed by atoms with van der Waals surface area (Å²) in [7, 11) is 0. The van der Waals surface area contributed by atoms with Crippen LogP contribution in [0, 0.1) is 0 Å². The lowest BCUT2D eigenvalue weighted by molar-refractivity contribution is -0.124. The van der Waals surface area contributed by atoms with Crippen LogP contribution in [0.2, 0.25) is 0 Å². The minimum absolute atomic E-state index is 0.165. The molecule has 158 valence electrons. The van der Waals surface area contributed by atoms with E-state index in [1.165, 1.54) is 11.2 Å². The number of nitrogens with zero attached hydrogens (tertiary/aromatic N) is 3. The van der Waals surface area contributed by atoms with Crippen LogP contribution in [0.3, 0.4) is 0 Å². The van der Waals surface area contributed by atoms with E-state index in [4.69, 9.17) is 4.42 Å². The minimum Gasteiger partial charge on any atom is -0.467 e. The maximum absolute atomic E-state index is 13.7. The van der Waals surface area contributed by atoms with Crippen molar-refractivity contribution in [2.45, 2.75) is 32.4 Å². The first-order valence-corrected chi connectivity index (χ1v) is 10.6. The molecule has 1 N–H and O–H groups in total. The Labute approximate surface area is 183 Å². The summed E-state index contributed by atoms with van der Waals surface area (Å²) < 4.78 is 9.45. The van der Waals surface area contributed by atoms with Crippen LogP contribution in [0.5, 0.6) is 0 Å². The molecule has 2 aromatic carbocycles. The molecule has 0 saturated heterocycles.